The molecular weight excluding hydrogens is 360 g/mol. The molecule has 26 heavy (non-hydrogen) atoms. The Hall–Kier alpha value is -2.88. The molecular formula is C16H16N4O5S. The molecule has 3 rings (SSSR count). The third-order valence-corrected chi connectivity index (χ3v) is 5.34. The van der Waals surface area contributed by atoms with Crippen molar-refractivity contribution in [3.8, 4) is 0 Å². The van der Waals surface area contributed by atoms with Crippen LogP contribution in [0.3, 0.4) is 0 Å². The molecule has 2 aromatic rings. The van der Waals surface area contributed by atoms with Gasteiger partial charge in [0.1, 0.15) is 6.61 Å². The molecule has 1 aromatic heterocycles. The summed E-state index contributed by atoms with van der Waals surface area (Å²) in [6.07, 6.45) is 2.80. The summed E-state index contributed by atoms with van der Waals surface area (Å²) in [5.74, 6) is -0.560. The van der Waals surface area contributed by atoms with E-state index in [0.29, 0.717) is 29.9 Å². The predicted octanol–water partition coefficient (Wildman–Crippen LogP) is 1.89. The van der Waals surface area contributed by atoms with Gasteiger partial charge in [-0.05, 0) is 29.8 Å². The maximum absolute atomic E-state index is 12.9. The van der Waals surface area contributed by atoms with Crippen LogP contribution in [0.25, 0.3) is 0 Å². The van der Waals surface area contributed by atoms with Gasteiger partial charge in [0.15, 0.2) is 15.6 Å². The number of nitroso groups, excluding NO2 is 1. The van der Waals surface area contributed by atoms with Gasteiger partial charge in [-0.2, -0.15) is 5.10 Å². The number of oxime groups is 1. The van der Waals surface area contributed by atoms with E-state index in [2.05, 4.69) is 15.4 Å². The first-order chi connectivity index (χ1) is 12.3. The summed E-state index contributed by atoms with van der Waals surface area (Å²) in [7, 11) is -2.04. The largest absolute Gasteiger partial charge is 0.395 e. The van der Waals surface area contributed by atoms with Crippen molar-refractivity contribution in [3.63, 3.8) is 0 Å². The van der Waals surface area contributed by atoms with E-state index in [9.17, 15) is 18.1 Å². The topological polar surface area (TPSA) is 120 Å². The summed E-state index contributed by atoms with van der Waals surface area (Å²) >= 11 is 0. The minimum atomic E-state index is -3.54. The third-order valence-electron chi connectivity index (χ3n) is 4.20. The van der Waals surface area contributed by atoms with Crippen LogP contribution in [0, 0.1) is 11.8 Å². The number of benzene rings is 1. The molecule has 0 spiro atoms. The highest BCUT2D eigenvalue weighted by Crippen LogP contribution is 2.29. The molecule has 0 radical (unpaired) electrons. The first-order valence-corrected chi connectivity index (χ1v) is 9.57. The Kier molecular flexibility index (Phi) is 4.45. The van der Waals surface area contributed by atoms with Crippen molar-refractivity contribution >= 4 is 27.2 Å². The number of aromatic nitrogens is 2. The number of rotatable bonds is 5. The first kappa shape index (κ1) is 17.9. The lowest BCUT2D eigenvalue weighted by Gasteiger charge is -2.14. The molecule has 0 aliphatic carbocycles. The quantitative estimate of drug-likeness (QED) is 0.580. The summed E-state index contributed by atoms with van der Waals surface area (Å²) in [5, 5.41) is 10.6. The Balaban J connectivity index is 2.22. The Morgan fingerprint density at radius 2 is 2.04 bits per heavy atom. The smallest absolute Gasteiger partial charge is 0.206 e. The van der Waals surface area contributed by atoms with Gasteiger partial charge in [0.05, 0.1) is 22.4 Å². The lowest BCUT2D eigenvalue weighted by Crippen LogP contribution is -2.14. The van der Waals surface area contributed by atoms with Crippen molar-refractivity contribution < 1.29 is 18.0 Å². The van der Waals surface area contributed by atoms with Crippen LogP contribution in [-0.2, 0) is 21.7 Å². The van der Waals surface area contributed by atoms with Crippen molar-refractivity contribution in [1.82, 2.24) is 9.78 Å². The van der Waals surface area contributed by atoms with E-state index in [-0.39, 0.29) is 21.8 Å². The zero-order valence-corrected chi connectivity index (χ0v) is 15.2. The highest BCUT2D eigenvalue weighted by atomic mass is 32.2. The minimum Gasteiger partial charge on any atom is -0.395 e. The van der Waals surface area contributed by atoms with Crippen molar-refractivity contribution in [2.75, 3.05) is 12.9 Å². The number of carbonyl (C=O) groups is 1. The molecule has 2 heterocycles. The minimum absolute atomic E-state index is 0.0493. The Morgan fingerprint density at radius 1 is 1.31 bits per heavy atom. The van der Waals surface area contributed by atoms with Crippen LogP contribution in [0.1, 0.15) is 33.5 Å². The van der Waals surface area contributed by atoms with Crippen molar-refractivity contribution in [2.45, 2.75) is 18.2 Å². The predicted molar refractivity (Wildman–Crippen MR) is 93.5 cm³/mol. The fourth-order valence-corrected chi connectivity index (χ4v) is 3.88. The SMILES string of the molecule is Cc1c(C(=O)c2cnn(C)c2N=O)ccc(S(C)(=O)=O)c1C1=NOCC1. The molecule has 0 bridgehead atoms. The van der Waals surface area contributed by atoms with Gasteiger partial charge in [-0.3, -0.25) is 4.79 Å². The second kappa shape index (κ2) is 6.45. The number of hydrogen-bond donors (Lipinski definition) is 0. The van der Waals surface area contributed by atoms with E-state index in [0.717, 1.165) is 6.26 Å². The van der Waals surface area contributed by atoms with Gasteiger partial charge in [0.2, 0.25) is 5.82 Å². The normalized spacial score (nSPS) is 14.0. The molecule has 0 fully saturated rings. The van der Waals surface area contributed by atoms with Crippen LogP contribution < -0.4 is 0 Å². The molecule has 10 heteroatoms. The molecule has 1 aromatic carbocycles. The Morgan fingerprint density at radius 3 is 2.62 bits per heavy atom. The summed E-state index contributed by atoms with van der Waals surface area (Å²) in [5.41, 5.74) is 1.58. The average molecular weight is 376 g/mol. The van der Waals surface area contributed by atoms with Crippen LogP contribution in [-0.4, -0.2) is 42.6 Å². The van der Waals surface area contributed by atoms with Crippen LogP contribution in [0.15, 0.2) is 33.6 Å². The third kappa shape index (κ3) is 2.92. The fourth-order valence-electron chi connectivity index (χ4n) is 2.93. The number of aryl methyl sites for hydroxylation is 1. The standard InChI is InChI=1S/C16H16N4O5S/c1-9-10(15(21)11-8-17-20(2)16(11)18-22)4-5-13(26(3,23)24)14(9)12-6-7-25-19-12/h4-5,8H,6-7H2,1-3H3. The van der Waals surface area contributed by atoms with Gasteiger partial charge in [0.25, 0.3) is 0 Å². The van der Waals surface area contributed by atoms with Crippen LogP contribution >= 0.6 is 0 Å². The summed E-state index contributed by atoms with van der Waals surface area (Å²) in [4.78, 5) is 29.0. The lowest BCUT2D eigenvalue weighted by atomic mass is 9.93. The van der Waals surface area contributed by atoms with E-state index in [1.165, 1.54) is 30.1 Å². The molecule has 0 saturated carbocycles. The maximum atomic E-state index is 12.9. The second-order valence-electron chi connectivity index (χ2n) is 5.93. The summed E-state index contributed by atoms with van der Waals surface area (Å²) < 4.78 is 25.5. The molecule has 1 aliphatic heterocycles. The molecule has 0 atom stereocenters. The van der Waals surface area contributed by atoms with E-state index in [4.69, 9.17) is 4.84 Å². The number of nitrogens with zero attached hydrogens (tertiary/aromatic N) is 4. The Labute approximate surface area is 149 Å². The van der Waals surface area contributed by atoms with Gasteiger partial charge in [0, 0.05) is 30.9 Å². The maximum Gasteiger partial charge on any atom is 0.206 e. The van der Waals surface area contributed by atoms with Gasteiger partial charge < -0.3 is 4.84 Å². The highest BCUT2D eigenvalue weighted by Gasteiger charge is 2.27. The molecule has 1 aliphatic rings. The first-order valence-electron chi connectivity index (χ1n) is 7.68. The van der Waals surface area contributed by atoms with Crippen LogP contribution in [0.2, 0.25) is 0 Å². The van der Waals surface area contributed by atoms with Crippen LogP contribution in [0.4, 0.5) is 5.82 Å². The summed E-state index contributed by atoms with van der Waals surface area (Å²) in [6.45, 7) is 1.99. The van der Waals surface area contributed by atoms with Crippen molar-refractivity contribution in [1.29, 1.82) is 0 Å². The number of hydrogen-bond acceptors (Lipinski definition) is 8. The molecule has 0 N–H and O–H groups in total. The molecule has 136 valence electrons. The molecule has 0 unspecified atom stereocenters. The van der Waals surface area contributed by atoms with Gasteiger partial charge in [-0.1, -0.05) is 5.16 Å². The van der Waals surface area contributed by atoms with Crippen molar-refractivity contribution in [3.05, 3.63) is 45.5 Å². The van der Waals surface area contributed by atoms with E-state index >= 15 is 0 Å². The zero-order chi connectivity index (χ0) is 19.1. The number of sulfone groups is 1. The molecule has 0 amide bonds. The summed E-state index contributed by atoms with van der Waals surface area (Å²) in [6, 6.07) is 2.80. The monoisotopic (exact) mass is 376 g/mol. The van der Waals surface area contributed by atoms with Gasteiger partial charge in [-0.15, -0.1) is 4.91 Å². The van der Waals surface area contributed by atoms with Crippen molar-refractivity contribution in [2.24, 2.45) is 17.4 Å². The van der Waals surface area contributed by atoms with E-state index in [1.54, 1.807) is 6.92 Å². The van der Waals surface area contributed by atoms with E-state index < -0.39 is 15.6 Å². The second-order valence-corrected chi connectivity index (χ2v) is 7.91. The number of ketones is 1. The van der Waals surface area contributed by atoms with Crippen LogP contribution in [0.5, 0.6) is 0 Å². The zero-order valence-electron chi connectivity index (χ0n) is 14.4. The number of carbonyl (C=O) groups excluding carboxylic acids is 1. The average Bonchev–Trinajstić information content (AvgIpc) is 3.22. The van der Waals surface area contributed by atoms with Gasteiger partial charge in [-0.25, -0.2) is 13.1 Å². The molecule has 9 nitrogen and oxygen atoms in total. The molecule has 0 saturated heterocycles. The fraction of sp³-hybridized carbons (Fsp3) is 0.312. The lowest BCUT2D eigenvalue weighted by molar-refractivity contribution is 0.103. The highest BCUT2D eigenvalue weighted by molar-refractivity contribution is 7.90. The van der Waals surface area contributed by atoms with E-state index in [1.807, 2.05) is 0 Å². The van der Waals surface area contributed by atoms with Gasteiger partial charge >= 0.3 is 0 Å². The Bertz CT molecular complexity index is 1050.